The fraction of sp³-hybridized carbons (Fsp3) is 0.632. The second-order valence-electron chi connectivity index (χ2n) is 7.32. The second kappa shape index (κ2) is 10.3. The number of β-amino-alcohol motifs (C(OH)–C–C–N with tert-alkyl or cyclic N) is 1. The molecule has 1 amide bonds. The summed E-state index contributed by atoms with van der Waals surface area (Å²) >= 11 is 9.63. The van der Waals surface area contributed by atoms with Gasteiger partial charge in [-0.25, -0.2) is 0 Å². The summed E-state index contributed by atoms with van der Waals surface area (Å²) in [5, 5.41) is 31.6. The summed E-state index contributed by atoms with van der Waals surface area (Å²) in [4.78, 5) is 14.8. The van der Waals surface area contributed by atoms with Gasteiger partial charge in [-0.2, -0.15) is 0 Å². The maximum absolute atomic E-state index is 12.8. The van der Waals surface area contributed by atoms with E-state index in [2.05, 4.69) is 21.2 Å². The van der Waals surface area contributed by atoms with Crippen molar-refractivity contribution < 1.29 is 29.6 Å². The van der Waals surface area contributed by atoms with Crippen molar-refractivity contribution >= 4 is 33.4 Å². The molecule has 4 N–H and O–H groups in total. The Balaban J connectivity index is 1.61. The van der Waals surface area contributed by atoms with Gasteiger partial charge in [0.25, 0.3) is 5.91 Å². The molecule has 1 saturated heterocycles. The molecule has 2 aliphatic heterocycles. The molecule has 1 aromatic carbocycles. The summed E-state index contributed by atoms with van der Waals surface area (Å²) in [5.41, 5.74) is 0.305. The number of amides is 1. The van der Waals surface area contributed by atoms with Crippen molar-refractivity contribution in [1.82, 2.24) is 10.2 Å². The van der Waals surface area contributed by atoms with Gasteiger partial charge in [0, 0.05) is 38.4 Å². The van der Waals surface area contributed by atoms with Gasteiger partial charge in [0.05, 0.1) is 34.4 Å². The van der Waals surface area contributed by atoms with Gasteiger partial charge in [-0.05, 0) is 35.0 Å². The quantitative estimate of drug-likeness (QED) is 0.443. The minimum Gasteiger partial charge on any atom is -0.489 e. The number of rotatable bonds is 6. The van der Waals surface area contributed by atoms with Crippen LogP contribution < -0.4 is 14.8 Å². The number of aliphatic hydroxyl groups excluding tert-OH is 2. The van der Waals surface area contributed by atoms with E-state index in [1.807, 2.05) is 4.90 Å². The van der Waals surface area contributed by atoms with Gasteiger partial charge in [-0.15, -0.1) is 0 Å². The van der Waals surface area contributed by atoms with Crippen LogP contribution >= 0.6 is 27.5 Å². The largest absolute Gasteiger partial charge is 0.489 e. The zero-order chi connectivity index (χ0) is 21.0. The van der Waals surface area contributed by atoms with Crippen molar-refractivity contribution in [2.45, 2.75) is 31.7 Å². The maximum Gasteiger partial charge on any atom is 0.255 e. The van der Waals surface area contributed by atoms with E-state index in [0.717, 1.165) is 6.54 Å². The van der Waals surface area contributed by atoms with E-state index >= 15 is 0 Å². The number of ether oxygens (including phenoxy) is 2. The van der Waals surface area contributed by atoms with Crippen LogP contribution in [0.4, 0.5) is 0 Å². The topological polar surface area (TPSA) is 111 Å². The first-order chi connectivity index (χ1) is 13.9. The molecule has 2 heterocycles. The van der Waals surface area contributed by atoms with Crippen molar-refractivity contribution in [2.75, 3.05) is 39.4 Å². The molecule has 29 heavy (non-hydrogen) atoms. The first-order valence-corrected chi connectivity index (χ1v) is 10.9. The lowest BCUT2D eigenvalue weighted by Crippen LogP contribution is -2.48. The molecule has 2 aliphatic rings. The number of fused-ring (bicyclic) bond motifs is 1. The van der Waals surface area contributed by atoms with Crippen LogP contribution in [0.15, 0.2) is 10.5 Å². The third-order valence-corrected chi connectivity index (χ3v) is 6.50. The summed E-state index contributed by atoms with van der Waals surface area (Å²) in [6.07, 6.45) is -0.307. The van der Waals surface area contributed by atoms with Gasteiger partial charge in [-0.1, -0.05) is 11.6 Å². The average Bonchev–Trinajstić information content (AvgIpc) is 2.94. The summed E-state index contributed by atoms with van der Waals surface area (Å²) < 4.78 is 12.0. The number of hydrogen-bond acceptors (Lipinski definition) is 7. The number of piperidine rings is 1. The molecular weight excluding hydrogens is 468 g/mol. The van der Waals surface area contributed by atoms with Crippen LogP contribution in [-0.2, 0) is 0 Å². The van der Waals surface area contributed by atoms with Crippen LogP contribution in [0, 0.1) is 5.92 Å². The number of benzene rings is 1. The molecule has 10 heteroatoms. The molecule has 0 aliphatic carbocycles. The Morgan fingerprint density at radius 2 is 2.07 bits per heavy atom. The van der Waals surface area contributed by atoms with E-state index in [0.29, 0.717) is 72.2 Å². The molecule has 3 rings (SSSR count). The predicted octanol–water partition coefficient (Wildman–Crippen LogP) is 1.38. The van der Waals surface area contributed by atoms with Gasteiger partial charge in [0.2, 0.25) is 0 Å². The fourth-order valence-corrected chi connectivity index (χ4v) is 4.14. The Kier molecular flexibility index (Phi) is 8.00. The first-order valence-electron chi connectivity index (χ1n) is 9.69. The van der Waals surface area contributed by atoms with E-state index in [9.17, 15) is 9.90 Å². The Morgan fingerprint density at radius 3 is 2.76 bits per heavy atom. The minimum atomic E-state index is -1.34. The summed E-state index contributed by atoms with van der Waals surface area (Å²) in [6, 6.07) is 1.55. The molecule has 8 nitrogen and oxygen atoms in total. The molecule has 1 fully saturated rings. The zero-order valence-corrected chi connectivity index (χ0v) is 18.3. The number of halogens is 2. The Labute approximate surface area is 182 Å². The Morgan fingerprint density at radius 1 is 1.34 bits per heavy atom. The van der Waals surface area contributed by atoms with E-state index in [-0.39, 0.29) is 18.2 Å². The summed E-state index contributed by atoms with van der Waals surface area (Å²) in [6.45, 7) is 2.91. The van der Waals surface area contributed by atoms with Crippen molar-refractivity contribution in [2.24, 2.45) is 5.92 Å². The normalized spacial score (nSPS) is 22.4. The van der Waals surface area contributed by atoms with Gasteiger partial charge in [0.1, 0.15) is 0 Å². The summed E-state index contributed by atoms with van der Waals surface area (Å²) in [5.74, 6) is 0.379. The Hall–Kier alpha value is -1.10. The molecule has 162 valence electrons. The van der Waals surface area contributed by atoms with E-state index in [4.69, 9.17) is 31.3 Å². The zero-order valence-electron chi connectivity index (χ0n) is 15.9. The average molecular weight is 494 g/mol. The number of carbonyl (C=O) groups excluding carboxylic acids is 1. The highest BCUT2D eigenvalue weighted by Gasteiger charge is 2.29. The minimum absolute atomic E-state index is 0.0871. The molecule has 0 aromatic heterocycles. The fourth-order valence-electron chi connectivity index (χ4n) is 3.54. The maximum atomic E-state index is 12.8. The highest BCUT2D eigenvalue weighted by Crippen LogP contribution is 2.44. The van der Waals surface area contributed by atoms with Crippen LogP contribution in [-0.4, -0.2) is 77.9 Å². The number of carbonyl (C=O) groups is 1. The van der Waals surface area contributed by atoms with Crippen LogP contribution in [0.2, 0.25) is 5.02 Å². The Bertz CT molecular complexity index is 735. The highest BCUT2D eigenvalue weighted by molar-refractivity contribution is 9.10. The lowest BCUT2D eigenvalue weighted by molar-refractivity contribution is -0.0569. The van der Waals surface area contributed by atoms with Gasteiger partial charge >= 0.3 is 0 Å². The molecular formula is C19H26BrClN2O6. The van der Waals surface area contributed by atoms with Crippen molar-refractivity contribution in [1.29, 1.82) is 0 Å². The van der Waals surface area contributed by atoms with Crippen LogP contribution in [0.1, 0.15) is 29.6 Å². The standard InChI is InChI=1S/C19H26BrClN2O6/c20-16-13(21)8-12(17-18(16)29-7-1-6-28-17)19(27)22-9-11-2-4-23(10-14(11)24)5-3-15(25)26/h8,11,14-15,24-26H,1-7,9-10H2,(H,22,27)/t11-,14+/m0/s1. The van der Waals surface area contributed by atoms with Crippen LogP contribution in [0.3, 0.4) is 0 Å². The number of hydrogen-bond donors (Lipinski definition) is 4. The molecule has 0 radical (unpaired) electrons. The molecule has 2 atom stereocenters. The molecule has 1 aromatic rings. The number of likely N-dealkylation sites (tertiary alicyclic amines) is 1. The lowest BCUT2D eigenvalue weighted by atomic mass is 9.93. The first kappa shape index (κ1) is 22.6. The molecule has 0 unspecified atom stereocenters. The van der Waals surface area contributed by atoms with Crippen LogP contribution in [0.25, 0.3) is 0 Å². The van der Waals surface area contributed by atoms with Crippen molar-refractivity contribution in [3.8, 4) is 11.5 Å². The van der Waals surface area contributed by atoms with Gasteiger partial charge in [-0.3, -0.25) is 4.79 Å². The third kappa shape index (κ3) is 5.74. The summed E-state index contributed by atoms with van der Waals surface area (Å²) in [7, 11) is 0. The van der Waals surface area contributed by atoms with Crippen molar-refractivity contribution in [3.05, 3.63) is 21.1 Å². The number of nitrogens with one attached hydrogen (secondary N) is 1. The van der Waals surface area contributed by atoms with Gasteiger partial charge < -0.3 is 35.0 Å². The monoisotopic (exact) mass is 492 g/mol. The smallest absolute Gasteiger partial charge is 0.255 e. The second-order valence-corrected chi connectivity index (χ2v) is 8.52. The van der Waals surface area contributed by atoms with Crippen molar-refractivity contribution in [3.63, 3.8) is 0 Å². The van der Waals surface area contributed by atoms with E-state index in [1.165, 1.54) is 0 Å². The lowest BCUT2D eigenvalue weighted by Gasteiger charge is -2.36. The highest BCUT2D eigenvalue weighted by atomic mass is 79.9. The number of nitrogens with zero attached hydrogens (tertiary/aromatic N) is 1. The SMILES string of the molecule is O=C(NC[C@@H]1CCN(CCC(O)O)C[C@H]1O)c1cc(Cl)c(Br)c2c1OCCCO2. The predicted molar refractivity (Wildman–Crippen MR) is 110 cm³/mol. The number of aliphatic hydroxyl groups is 3. The molecule has 0 saturated carbocycles. The molecule has 0 bridgehead atoms. The van der Waals surface area contributed by atoms with E-state index in [1.54, 1.807) is 6.07 Å². The molecule has 0 spiro atoms. The van der Waals surface area contributed by atoms with Crippen LogP contribution in [0.5, 0.6) is 11.5 Å². The van der Waals surface area contributed by atoms with E-state index < -0.39 is 12.4 Å². The van der Waals surface area contributed by atoms with Gasteiger partial charge in [0.15, 0.2) is 17.8 Å². The third-order valence-electron chi connectivity index (χ3n) is 5.19.